The Labute approximate surface area is 101 Å². The van der Waals surface area contributed by atoms with E-state index in [-0.39, 0.29) is 11.2 Å². The van der Waals surface area contributed by atoms with Gasteiger partial charge in [-0.1, -0.05) is 12.1 Å². The summed E-state index contributed by atoms with van der Waals surface area (Å²) in [7, 11) is 0. The fourth-order valence-corrected chi connectivity index (χ4v) is 2.59. The maximum absolute atomic E-state index is 12.8. The third kappa shape index (κ3) is 2.74. The number of rotatable bonds is 2. The fourth-order valence-electron chi connectivity index (χ4n) is 2.26. The molecule has 1 fully saturated rings. The SMILES string of the molecule is CC(c1ccc(F)cc1)N1CCCC(Cl)C1. The molecule has 0 aromatic heterocycles. The van der Waals surface area contributed by atoms with Crippen LogP contribution in [0, 0.1) is 5.82 Å². The number of piperidine rings is 1. The largest absolute Gasteiger partial charge is 0.295 e. The third-order valence-corrected chi connectivity index (χ3v) is 3.65. The Morgan fingerprint density at radius 1 is 1.38 bits per heavy atom. The van der Waals surface area contributed by atoms with Gasteiger partial charge in [0.25, 0.3) is 0 Å². The lowest BCUT2D eigenvalue weighted by molar-refractivity contribution is 0.177. The Kier molecular flexibility index (Phi) is 3.82. The first kappa shape index (κ1) is 11.9. The number of hydrogen-bond acceptors (Lipinski definition) is 1. The molecule has 2 unspecified atom stereocenters. The Morgan fingerprint density at radius 3 is 2.69 bits per heavy atom. The highest BCUT2D eigenvalue weighted by Crippen LogP contribution is 2.25. The second-order valence-corrected chi connectivity index (χ2v) is 5.08. The molecule has 1 heterocycles. The van der Waals surface area contributed by atoms with Crippen LogP contribution in [0.15, 0.2) is 24.3 Å². The number of likely N-dealkylation sites (tertiary alicyclic amines) is 1. The number of halogens is 2. The van der Waals surface area contributed by atoms with E-state index in [0.717, 1.165) is 31.5 Å². The molecule has 1 nitrogen and oxygen atoms in total. The normalized spacial score (nSPS) is 24.3. The second kappa shape index (κ2) is 5.15. The summed E-state index contributed by atoms with van der Waals surface area (Å²) in [5, 5.41) is 0.261. The van der Waals surface area contributed by atoms with Crippen molar-refractivity contribution in [2.75, 3.05) is 13.1 Å². The molecule has 0 spiro atoms. The summed E-state index contributed by atoms with van der Waals surface area (Å²) in [5.41, 5.74) is 1.16. The van der Waals surface area contributed by atoms with E-state index in [2.05, 4.69) is 11.8 Å². The van der Waals surface area contributed by atoms with Crippen LogP contribution in [0.1, 0.15) is 31.4 Å². The Bertz CT molecular complexity index is 338. The lowest BCUT2D eigenvalue weighted by atomic mass is 10.0. The molecule has 88 valence electrons. The highest BCUT2D eigenvalue weighted by Gasteiger charge is 2.22. The van der Waals surface area contributed by atoms with Gasteiger partial charge in [0.1, 0.15) is 5.82 Å². The Hall–Kier alpha value is -0.600. The molecular weight excluding hydrogens is 225 g/mol. The van der Waals surface area contributed by atoms with Gasteiger partial charge in [0.2, 0.25) is 0 Å². The van der Waals surface area contributed by atoms with Crippen molar-refractivity contribution in [1.29, 1.82) is 0 Å². The number of benzene rings is 1. The van der Waals surface area contributed by atoms with Gasteiger partial charge in [0.15, 0.2) is 0 Å². The second-order valence-electron chi connectivity index (χ2n) is 4.46. The van der Waals surface area contributed by atoms with Gasteiger partial charge in [0.05, 0.1) is 0 Å². The van der Waals surface area contributed by atoms with Gasteiger partial charge < -0.3 is 0 Å². The summed E-state index contributed by atoms with van der Waals surface area (Å²) in [5.74, 6) is -0.176. The van der Waals surface area contributed by atoms with Gasteiger partial charge in [-0.05, 0) is 44.0 Å². The van der Waals surface area contributed by atoms with Crippen molar-refractivity contribution < 1.29 is 4.39 Å². The molecule has 0 saturated carbocycles. The lowest BCUT2D eigenvalue weighted by Gasteiger charge is -2.34. The quantitative estimate of drug-likeness (QED) is 0.716. The number of nitrogens with zero attached hydrogens (tertiary/aromatic N) is 1. The van der Waals surface area contributed by atoms with E-state index in [9.17, 15) is 4.39 Å². The van der Waals surface area contributed by atoms with Crippen molar-refractivity contribution in [2.24, 2.45) is 0 Å². The van der Waals surface area contributed by atoms with E-state index < -0.39 is 0 Å². The van der Waals surface area contributed by atoms with Crippen LogP contribution in [-0.4, -0.2) is 23.4 Å². The van der Waals surface area contributed by atoms with Crippen molar-refractivity contribution in [3.63, 3.8) is 0 Å². The summed E-state index contributed by atoms with van der Waals surface area (Å²) in [6.07, 6.45) is 2.26. The van der Waals surface area contributed by atoms with Gasteiger partial charge in [0, 0.05) is 18.0 Å². The molecule has 1 aliphatic heterocycles. The molecule has 2 rings (SSSR count). The first-order chi connectivity index (χ1) is 7.66. The lowest BCUT2D eigenvalue weighted by Crippen LogP contribution is -2.37. The van der Waals surface area contributed by atoms with Crippen LogP contribution in [0.5, 0.6) is 0 Å². The van der Waals surface area contributed by atoms with Crippen LogP contribution >= 0.6 is 11.6 Å². The summed E-state index contributed by atoms with van der Waals surface area (Å²) < 4.78 is 12.8. The molecule has 0 amide bonds. The van der Waals surface area contributed by atoms with E-state index >= 15 is 0 Å². The summed E-state index contributed by atoms with van der Waals surface area (Å²) in [6.45, 7) is 4.17. The monoisotopic (exact) mass is 241 g/mol. The van der Waals surface area contributed by atoms with Crippen LogP contribution in [0.25, 0.3) is 0 Å². The fraction of sp³-hybridized carbons (Fsp3) is 0.538. The maximum atomic E-state index is 12.8. The average Bonchev–Trinajstić information content (AvgIpc) is 2.29. The summed E-state index contributed by atoms with van der Waals surface area (Å²) >= 11 is 6.17. The first-order valence-corrected chi connectivity index (χ1v) is 6.24. The van der Waals surface area contributed by atoms with Gasteiger partial charge in [-0.2, -0.15) is 0 Å². The molecule has 3 heteroatoms. The van der Waals surface area contributed by atoms with Crippen LogP contribution in [-0.2, 0) is 0 Å². The predicted octanol–water partition coefficient (Wildman–Crippen LogP) is 3.59. The molecule has 0 bridgehead atoms. The first-order valence-electron chi connectivity index (χ1n) is 5.80. The van der Waals surface area contributed by atoms with Gasteiger partial charge in [-0.25, -0.2) is 4.39 Å². The zero-order valence-electron chi connectivity index (χ0n) is 9.50. The van der Waals surface area contributed by atoms with E-state index in [1.54, 1.807) is 0 Å². The minimum absolute atomic E-state index is 0.176. The van der Waals surface area contributed by atoms with Crippen molar-refractivity contribution in [1.82, 2.24) is 4.90 Å². The molecule has 1 aromatic carbocycles. The molecule has 1 aromatic rings. The highest BCUT2D eigenvalue weighted by molar-refractivity contribution is 6.20. The van der Waals surface area contributed by atoms with Gasteiger partial charge in [-0.3, -0.25) is 4.90 Å². The van der Waals surface area contributed by atoms with Crippen LogP contribution in [0.2, 0.25) is 0 Å². The Balaban J connectivity index is 2.06. The van der Waals surface area contributed by atoms with Crippen molar-refractivity contribution in [3.05, 3.63) is 35.6 Å². The molecular formula is C13H17ClFN. The zero-order chi connectivity index (χ0) is 11.5. The molecule has 1 aliphatic rings. The average molecular weight is 242 g/mol. The smallest absolute Gasteiger partial charge is 0.123 e. The van der Waals surface area contributed by atoms with E-state index in [1.165, 1.54) is 12.1 Å². The predicted molar refractivity (Wildman–Crippen MR) is 65.3 cm³/mol. The van der Waals surface area contributed by atoms with E-state index in [4.69, 9.17) is 11.6 Å². The van der Waals surface area contributed by atoms with E-state index in [1.807, 2.05) is 12.1 Å². The Morgan fingerprint density at radius 2 is 2.06 bits per heavy atom. The van der Waals surface area contributed by atoms with Crippen LogP contribution in [0.4, 0.5) is 4.39 Å². The highest BCUT2D eigenvalue weighted by atomic mass is 35.5. The summed E-state index contributed by atoms with van der Waals surface area (Å²) in [4.78, 5) is 2.37. The minimum Gasteiger partial charge on any atom is -0.295 e. The molecule has 0 aliphatic carbocycles. The van der Waals surface area contributed by atoms with E-state index in [0.29, 0.717) is 6.04 Å². The van der Waals surface area contributed by atoms with Crippen LogP contribution in [0.3, 0.4) is 0 Å². The van der Waals surface area contributed by atoms with Gasteiger partial charge >= 0.3 is 0 Å². The maximum Gasteiger partial charge on any atom is 0.123 e. The standard InChI is InChI=1S/C13H17ClFN/c1-10(11-4-6-13(15)7-5-11)16-8-2-3-12(14)9-16/h4-7,10,12H,2-3,8-9H2,1H3. The third-order valence-electron chi connectivity index (χ3n) is 3.30. The number of alkyl halides is 1. The van der Waals surface area contributed by atoms with Gasteiger partial charge in [-0.15, -0.1) is 11.6 Å². The zero-order valence-corrected chi connectivity index (χ0v) is 10.3. The molecule has 0 N–H and O–H groups in total. The minimum atomic E-state index is -0.176. The van der Waals surface area contributed by atoms with Crippen LogP contribution < -0.4 is 0 Å². The topological polar surface area (TPSA) is 3.24 Å². The van der Waals surface area contributed by atoms with Crippen molar-refractivity contribution in [3.8, 4) is 0 Å². The number of hydrogen-bond donors (Lipinski definition) is 0. The van der Waals surface area contributed by atoms with Crippen molar-refractivity contribution >= 4 is 11.6 Å². The molecule has 0 radical (unpaired) electrons. The van der Waals surface area contributed by atoms with Crippen molar-refractivity contribution in [2.45, 2.75) is 31.2 Å². The summed E-state index contributed by atoms with van der Waals surface area (Å²) in [6, 6.07) is 7.08. The molecule has 16 heavy (non-hydrogen) atoms. The molecule has 1 saturated heterocycles. The molecule has 2 atom stereocenters.